The Hall–Kier alpha value is -1.53. The van der Waals surface area contributed by atoms with Crippen molar-refractivity contribution in [3.63, 3.8) is 0 Å². The minimum absolute atomic E-state index is 0.0878. The first-order chi connectivity index (χ1) is 9.93. The highest BCUT2D eigenvalue weighted by Gasteiger charge is 2.36. The number of benzene rings is 1. The zero-order chi connectivity index (χ0) is 15.2. The first kappa shape index (κ1) is 14.4. The Morgan fingerprint density at radius 1 is 1.33 bits per heavy atom. The fourth-order valence-corrected chi connectivity index (χ4v) is 4.81. The van der Waals surface area contributed by atoms with E-state index in [4.69, 9.17) is 11.6 Å². The molecule has 2 heterocycles. The fraction of sp³-hybridized carbons (Fsp3) is 0.357. The number of halogens is 1. The van der Waals surface area contributed by atoms with Crippen LogP contribution in [-0.4, -0.2) is 24.0 Å². The third kappa shape index (κ3) is 2.22. The number of rotatable bonds is 2. The van der Waals surface area contributed by atoms with Gasteiger partial charge in [-0.25, -0.2) is 4.98 Å². The number of fused-ring (bicyclic) bond motifs is 1. The zero-order valence-corrected chi connectivity index (χ0v) is 13.4. The summed E-state index contributed by atoms with van der Waals surface area (Å²) in [5, 5.41) is 0.0421. The molecule has 3 rings (SSSR count). The van der Waals surface area contributed by atoms with E-state index in [0.717, 1.165) is 24.1 Å². The van der Waals surface area contributed by atoms with Crippen LogP contribution in [-0.2, 0) is 23.5 Å². The van der Waals surface area contributed by atoms with E-state index in [-0.39, 0.29) is 16.2 Å². The number of imidazole rings is 1. The molecule has 1 atom stereocenters. The Bertz CT molecular complexity index is 785. The molecule has 2 aromatic rings. The lowest BCUT2D eigenvalue weighted by molar-refractivity contribution is 0.560. The fourth-order valence-electron chi connectivity index (χ4n) is 2.68. The standard InChI is InChI=1S/C14H16ClN3O2S/c1-10-7-8-11-5-3-4-6-12(11)18(10)21(19,20)14-13(15)17(2)9-16-14/h3-6,9-10H,7-8H2,1-2H3/t10-/m1/s1. The third-order valence-electron chi connectivity index (χ3n) is 3.80. The number of aromatic nitrogens is 2. The lowest BCUT2D eigenvalue weighted by Crippen LogP contribution is -2.42. The van der Waals surface area contributed by atoms with Crippen molar-refractivity contribution in [1.82, 2.24) is 9.55 Å². The summed E-state index contributed by atoms with van der Waals surface area (Å²) >= 11 is 6.08. The average molecular weight is 326 g/mol. The van der Waals surface area contributed by atoms with Gasteiger partial charge >= 0.3 is 0 Å². The van der Waals surface area contributed by atoms with Crippen LogP contribution in [0.3, 0.4) is 0 Å². The van der Waals surface area contributed by atoms with Crippen LogP contribution in [0, 0.1) is 0 Å². The van der Waals surface area contributed by atoms with Crippen molar-refractivity contribution in [2.75, 3.05) is 4.31 Å². The average Bonchev–Trinajstić information content (AvgIpc) is 2.79. The van der Waals surface area contributed by atoms with Gasteiger partial charge in [0, 0.05) is 13.1 Å². The smallest absolute Gasteiger partial charge is 0.285 e. The highest BCUT2D eigenvalue weighted by atomic mass is 35.5. The molecule has 0 saturated heterocycles. The van der Waals surface area contributed by atoms with Crippen LogP contribution in [0.1, 0.15) is 18.9 Å². The van der Waals surface area contributed by atoms with Crippen molar-refractivity contribution in [3.05, 3.63) is 41.3 Å². The van der Waals surface area contributed by atoms with Gasteiger partial charge in [0.15, 0.2) is 0 Å². The molecular formula is C14H16ClN3O2S. The predicted molar refractivity (Wildman–Crippen MR) is 82.1 cm³/mol. The van der Waals surface area contributed by atoms with Crippen LogP contribution in [0.4, 0.5) is 5.69 Å². The van der Waals surface area contributed by atoms with Crippen molar-refractivity contribution >= 4 is 27.3 Å². The summed E-state index contributed by atoms with van der Waals surface area (Å²) in [6.45, 7) is 1.91. The molecule has 1 aromatic heterocycles. The summed E-state index contributed by atoms with van der Waals surface area (Å²) in [5.74, 6) is 0. The summed E-state index contributed by atoms with van der Waals surface area (Å²) in [6, 6.07) is 7.44. The molecule has 0 amide bonds. The maximum Gasteiger partial charge on any atom is 0.285 e. The van der Waals surface area contributed by atoms with Crippen molar-refractivity contribution in [2.45, 2.75) is 30.8 Å². The number of hydrogen-bond donors (Lipinski definition) is 0. The summed E-state index contributed by atoms with van der Waals surface area (Å²) in [7, 11) is -2.10. The Morgan fingerprint density at radius 3 is 2.71 bits per heavy atom. The lowest BCUT2D eigenvalue weighted by Gasteiger charge is -2.35. The van der Waals surface area contributed by atoms with E-state index in [1.807, 2.05) is 31.2 Å². The van der Waals surface area contributed by atoms with Crippen LogP contribution in [0.25, 0.3) is 0 Å². The van der Waals surface area contributed by atoms with E-state index in [1.54, 1.807) is 7.05 Å². The summed E-state index contributed by atoms with van der Waals surface area (Å²) in [4.78, 5) is 3.97. The first-order valence-electron chi connectivity index (χ1n) is 6.72. The van der Waals surface area contributed by atoms with Gasteiger partial charge in [-0.15, -0.1) is 0 Å². The number of aryl methyl sites for hydroxylation is 2. The second-order valence-corrected chi connectivity index (χ2v) is 7.36. The van der Waals surface area contributed by atoms with Crippen molar-refractivity contribution in [1.29, 1.82) is 0 Å². The molecular weight excluding hydrogens is 310 g/mol. The van der Waals surface area contributed by atoms with E-state index in [0.29, 0.717) is 0 Å². The van der Waals surface area contributed by atoms with Gasteiger partial charge < -0.3 is 4.57 Å². The van der Waals surface area contributed by atoms with E-state index in [9.17, 15) is 8.42 Å². The molecule has 0 bridgehead atoms. The normalized spacial score (nSPS) is 18.6. The first-order valence-corrected chi connectivity index (χ1v) is 8.54. The van der Waals surface area contributed by atoms with Gasteiger partial charge in [0.1, 0.15) is 5.15 Å². The molecule has 0 saturated carbocycles. The molecule has 0 fully saturated rings. The minimum atomic E-state index is -3.77. The molecule has 112 valence electrons. The van der Waals surface area contributed by atoms with Gasteiger partial charge in [-0.3, -0.25) is 4.31 Å². The number of sulfonamides is 1. The largest absolute Gasteiger partial charge is 0.324 e. The molecule has 7 heteroatoms. The van der Waals surface area contributed by atoms with E-state index < -0.39 is 10.0 Å². The van der Waals surface area contributed by atoms with Crippen LogP contribution in [0.5, 0.6) is 0 Å². The maximum absolute atomic E-state index is 13.0. The van der Waals surface area contributed by atoms with Gasteiger partial charge in [0.2, 0.25) is 5.03 Å². The highest BCUT2D eigenvalue weighted by Crippen LogP contribution is 2.36. The van der Waals surface area contributed by atoms with Crippen molar-refractivity contribution < 1.29 is 8.42 Å². The highest BCUT2D eigenvalue weighted by molar-refractivity contribution is 7.92. The maximum atomic E-state index is 13.0. The molecule has 1 aromatic carbocycles. The van der Waals surface area contributed by atoms with Crippen LogP contribution in [0.2, 0.25) is 5.15 Å². The van der Waals surface area contributed by atoms with Crippen molar-refractivity contribution in [2.24, 2.45) is 7.05 Å². The molecule has 5 nitrogen and oxygen atoms in total. The molecule has 21 heavy (non-hydrogen) atoms. The monoisotopic (exact) mass is 325 g/mol. The van der Waals surface area contributed by atoms with Crippen LogP contribution >= 0.6 is 11.6 Å². The Labute approximate surface area is 129 Å². The number of hydrogen-bond acceptors (Lipinski definition) is 3. The van der Waals surface area contributed by atoms with Gasteiger partial charge in [-0.05, 0) is 31.4 Å². The molecule has 1 aliphatic rings. The Kier molecular flexibility index (Phi) is 3.45. The quantitative estimate of drug-likeness (QED) is 0.852. The number of para-hydroxylation sites is 1. The van der Waals surface area contributed by atoms with Gasteiger partial charge in [0.05, 0.1) is 12.0 Å². The van der Waals surface area contributed by atoms with Gasteiger partial charge in [0.25, 0.3) is 10.0 Å². The van der Waals surface area contributed by atoms with Gasteiger partial charge in [-0.2, -0.15) is 8.42 Å². The minimum Gasteiger partial charge on any atom is -0.324 e. The SMILES string of the molecule is C[C@@H]1CCc2ccccc2N1S(=O)(=O)c1ncn(C)c1Cl. The zero-order valence-electron chi connectivity index (χ0n) is 11.8. The molecule has 1 aliphatic heterocycles. The summed E-state index contributed by atoms with van der Waals surface area (Å²) in [5.41, 5.74) is 1.75. The van der Waals surface area contributed by atoms with Crippen molar-refractivity contribution in [3.8, 4) is 0 Å². The van der Waals surface area contributed by atoms with Crippen LogP contribution in [0.15, 0.2) is 35.6 Å². The molecule has 0 aliphatic carbocycles. The number of anilines is 1. The lowest BCUT2D eigenvalue weighted by atomic mass is 9.99. The predicted octanol–water partition coefficient (Wildman–Crippen LogP) is 2.60. The molecule has 0 N–H and O–H groups in total. The van der Waals surface area contributed by atoms with E-state index >= 15 is 0 Å². The summed E-state index contributed by atoms with van der Waals surface area (Å²) in [6.07, 6.45) is 3.07. The topological polar surface area (TPSA) is 55.2 Å². The Balaban J connectivity index is 2.17. The summed E-state index contributed by atoms with van der Waals surface area (Å²) < 4.78 is 28.9. The molecule has 0 unspecified atom stereocenters. The number of nitrogens with zero attached hydrogens (tertiary/aromatic N) is 3. The van der Waals surface area contributed by atoms with E-state index in [1.165, 1.54) is 15.2 Å². The Morgan fingerprint density at radius 2 is 2.05 bits per heavy atom. The second kappa shape index (κ2) is 5.03. The van der Waals surface area contributed by atoms with Crippen LogP contribution < -0.4 is 4.31 Å². The van der Waals surface area contributed by atoms with E-state index in [2.05, 4.69) is 4.98 Å². The van der Waals surface area contributed by atoms with Gasteiger partial charge in [-0.1, -0.05) is 29.8 Å². The molecule has 0 spiro atoms. The second-order valence-electron chi connectivity index (χ2n) is 5.27. The third-order valence-corrected chi connectivity index (χ3v) is 6.22. The molecule has 0 radical (unpaired) electrons.